The molecule has 1 fully saturated rings. The predicted octanol–water partition coefficient (Wildman–Crippen LogP) is 3.29. The number of Topliss-reactive ketones (excluding diaryl/α,β-unsaturated/α-hetero) is 1. The van der Waals surface area contributed by atoms with Crippen molar-refractivity contribution in [2.24, 2.45) is 0 Å². The van der Waals surface area contributed by atoms with Gasteiger partial charge in [-0.15, -0.1) is 0 Å². The Balaban J connectivity index is 0.000000322. The van der Waals surface area contributed by atoms with E-state index in [-0.39, 0.29) is 5.60 Å². The van der Waals surface area contributed by atoms with Crippen LogP contribution in [-0.2, 0) is 20.7 Å². The van der Waals surface area contributed by atoms with E-state index >= 15 is 0 Å². The Bertz CT molecular complexity index is 479. The summed E-state index contributed by atoms with van der Waals surface area (Å²) in [6.07, 6.45) is 3.40. The van der Waals surface area contributed by atoms with Crippen LogP contribution in [0.5, 0.6) is 0 Å². The third kappa shape index (κ3) is 8.50. The van der Waals surface area contributed by atoms with Crippen molar-refractivity contribution >= 4 is 12.3 Å². The Morgan fingerprint density at radius 2 is 1.78 bits per heavy atom. The monoisotopic (exact) mass is 319 g/mol. The van der Waals surface area contributed by atoms with E-state index in [1.54, 1.807) is 0 Å². The molecule has 128 valence electrons. The molecular weight excluding hydrogens is 290 g/mol. The van der Waals surface area contributed by atoms with Gasteiger partial charge in [0.25, 0.3) is 6.47 Å². The summed E-state index contributed by atoms with van der Waals surface area (Å²) in [7, 11) is 0. The van der Waals surface area contributed by atoms with E-state index in [0.29, 0.717) is 37.2 Å². The fourth-order valence-electron chi connectivity index (χ4n) is 2.52. The average Bonchev–Trinajstić information content (AvgIpc) is 2.47. The maximum Gasteiger partial charge on any atom is 0.293 e. The first-order valence-corrected chi connectivity index (χ1v) is 8.27. The van der Waals surface area contributed by atoms with Crippen LogP contribution in [0.3, 0.4) is 0 Å². The Hall–Kier alpha value is -1.68. The zero-order valence-corrected chi connectivity index (χ0v) is 14.7. The number of carbonyl (C=O) groups is 2. The maximum absolute atomic E-state index is 11.6. The summed E-state index contributed by atoms with van der Waals surface area (Å²) < 4.78 is 4.55. The molecule has 1 heterocycles. The SMILES string of the molecule is CC(C)(C)OC=O.CCC1CC(=O)CC(Cc2ccccc2)N1. The second-order valence-corrected chi connectivity index (χ2v) is 6.93. The minimum atomic E-state index is -0.318. The van der Waals surface area contributed by atoms with Crippen molar-refractivity contribution < 1.29 is 14.3 Å². The van der Waals surface area contributed by atoms with E-state index in [0.717, 1.165) is 12.8 Å². The quantitative estimate of drug-likeness (QED) is 0.865. The summed E-state index contributed by atoms with van der Waals surface area (Å²) in [5.41, 5.74) is 0.992. The highest BCUT2D eigenvalue weighted by Gasteiger charge is 2.25. The van der Waals surface area contributed by atoms with Gasteiger partial charge >= 0.3 is 0 Å². The molecule has 1 aliphatic heterocycles. The molecule has 0 aromatic heterocycles. The minimum absolute atomic E-state index is 0.318. The Kier molecular flexibility index (Phi) is 7.96. The van der Waals surface area contributed by atoms with E-state index in [9.17, 15) is 9.59 Å². The van der Waals surface area contributed by atoms with Crippen molar-refractivity contribution in [1.82, 2.24) is 5.32 Å². The molecule has 1 saturated heterocycles. The molecule has 1 aromatic carbocycles. The summed E-state index contributed by atoms with van der Waals surface area (Å²) in [6, 6.07) is 11.1. The second kappa shape index (κ2) is 9.46. The van der Waals surface area contributed by atoms with Crippen molar-refractivity contribution in [3.63, 3.8) is 0 Å². The van der Waals surface area contributed by atoms with Gasteiger partial charge < -0.3 is 10.1 Å². The van der Waals surface area contributed by atoms with E-state index < -0.39 is 0 Å². The lowest BCUT2D eigenvalue weighted by Gasteiger charge is -2.29. The lowest BCUT2D eigenvalue weighted by atomic mass is 9.92. The van der Waals surface area contributed by atoms with Crippen LogP contribution in [0.4, 0.5) is 0 Å². The molecule has 2 unspecified atom stereocenters. The van der Waals surface area contributed by atoms with E-state index in [1.807, 2.05) is 26.8 Å². The maximum atomic E-state index is 11.6. The molecule has 0 spiro atoms. The largest absolute Gasteiger partial charge is 0.462 e. The molecule has 23 heavy (non-hydrogen) atoms. The Morgan fingerprint density at radius 1 is 1.17 bits per heavy atom. The van der Waals surface area contributed by atoms with Crippen molar-refractivity contribution in [3.05, 3.63) is 35.9 Å². The van der Waals surface area contributed by atoms with E-state index in [2.05, 4.69) is 41.2 Å². The van der Waals surface area contributed by atoms with Crippen LogP contribution < -0.4 is 5.32 Å². The zero-order valence-electron chi connectivity index (χ0n) is 14.7. The van der Waals surface area contributed by atoms with Crippen LogP contribution in [0.2, 0.25) is 0 Å². The van der Waals surface area contributed by atoms with Crippen LogP contribution in [0.25, 0.3) is 0 Å². The van der Waals surface area contributed by atoms with Gasteiger partial charge in [-0.2, -0.15) is 0 Å². The van der Waals surface area contributed by atoms with Crippen LogP contribution in [0.1, 0.15) is 52.5 Å². The highest BCUT2D eigenvalue weighted by atomic mass is 16.5. The van der Waals surface area contributed by atoms with E-state index in [1.165, 1.54) is 5.56 Å². The van der Waals surface area contributed by atoms with Gasteiger partial charge in [0.05, 0.1) is 0 Å². The van der Waals surface area contributed by atoms with Gasteiger partial charge in [0.1, 0.15) is 11.4 Å². The van der Waals surface area contributed by atoms with Gasteiger partial charge in [-0.1, -0.05) is 37.3 Å². The molecule has 1 aromatic rings. The van der Waals surface area contributed by atoms with Gasteiger partial charge in [0.2, 0.25) is 0 Å². The molecule has 4 nitrogen and oxygen atoms in total. The van der Waals surface area contributed by atoms with Crippen molar-refractivity contribution in [2.75, 3.05) is 0 Å². The summed E-state index contributed by atoms with van der Waals surface area (Å²) in [5.74, 6) is 0.409. The van der Waals surface area contributed by atoms with Crippen molar-refractivity contribution in [2.45, 2.75) is 71.1 Å². The number of ketones is 1. The van der Waals surface area contributed by atoms with Gasteiger partial charge in [0.15, 0.2) is 0 Å². The van der Waals surface area contributed by atoms with Crippen molar-refractivity contribution in [3.8, 4) is 0 Å². The number of nitrogens with one attached hydrogen (secondary N) is 1. The minimum Gasteiger partial charge on any atom is -0.462 e. The van der Waals surface area contributed by atoms with E-state index in [4.69, 9.17) is 0 Å². The molecular formula is C19H29NO3. The van der Waals surface area contributed by atoms with Gasteiger partial charge in [-0.25, -0.2) is 0 Å². The normalized spacial score (nSPS) is 21.1. The fraction of sp³-hybridized carbons (Fsp3) is 0.579. The third-order valence-corrected chi connectivity index (χ3v) is 3.64. The number of rotatable bonds is 4. The average molecular weight is 319 g/mol. The number of benzene rings is 1. The number of piperidine rings is 1. The summed E-state index contributed by atoms with van der Waals surface area (Å²) in [6.45, 7) is 8.06. The molecule has 1 N–H and O–H groups in total. The predicted molar refractivity (Wildman–Crippen MR) is 92.3 cm³/mol. The number of hydrogen-bond acceptors (Lipinski definition) is 4. The number of hydrogen-bond donors (Lipinski definition) is 1. The van der Waals surface area contributed by atoms with Crippen LogP contribution >= 0.6 is 0 Å². The second-order valence-electron chi connectivity index (χ2n) is 6.93. The van der Waals surface area contributed by atoms with Gasteiger partial charge in [0, 0.05) is 24.9 Å². The molecule has 2 rings (SSSR count). The van der Waals surface area contributed by atoms with Crippen LogP contribution in [0.15, 0.2) is 30.3 Å². The zero-order chi connectivity index (χ0) is 17.3. The molecule has 2 atom stereocenters. The molecule has 0 aliphatic carbocycles. The Morgan fingerprint density at radius 3 is 2.26 bits per heavy atom. The molecule has 0 saturated carbocycles. The standard InChI is InChI=1S/C14H19NO.C5H10O2/c1-2-12-9-14(16)10-13(15-12)8-11-6-4-3-5-7-11;1-5(2,3)7-4-6/h3-7,12-13,15H,2,8-10H2,1H3;4H,1-3H3. The number of carbonyl (C=O) groups excluding carboxylic acids is 2. The third-order valence-electron chi connectivity index (χ3n) is 3.64. The highest BCUT2D eigenvalue weighted by Crippen LogP contribution is 2.15. The van der Waals surface area contributed by atoms with Crippen LogP contribution in [0, 0.1) is 0 Å². The molecule has 4 heteroatoms. The first-order chi connectivity index (χ1) is 10.8. The highest BCUT2D eigenvalue weighted by molar-refractivity contribution is 5.80. The smallest absolute Gasteiger partial charge is 0.293 e. The lowest BCUT2D eigenvalue weighted by Crippen LogP contribution is -2.46. The number of ether oxygens (including phenoxy) is 1. The summed E-state index contributed by atoms with van der Waals surface area (Å²) in [4.78, 5) is 21.2. The molecule has 1 aliphatic rings. The molecule has 0 bridgehead atoms. The first kappa shape index (κ1) is 19.4. The van der Waals surface area contributed by atoms with Crippen molar-refractivity contribution in [1.29, 1.82) is 0 Å². The summed E-state index contributed by atoms with van der Waals surface area (Å²) in [5, 5.41) is 3.56. The Labute approximate surface area is 139 Å². The molecule has 0 radical (unpaired) electrons. The van der Waals surface area contributed by atoms with Crippen LogP contribution in [-0.4, -0.2) is 29.9 Å². The first-order valence-electron chi connectivity index (χ1n) is 8.27. The van der Waals surface area contributed by atoms with Gasteiger partial charge in [-0.05, 0) is 39.2 Å². The fourth-order valence-corrected chi connectivity index (χ4v) is 2.52. The van der Waals surface area contributed by atoms with Gasteiger partial charge in [-0.3, -0.25) is 9.59 Å². The molecule has 0 amide bonds. The summed E-state index contributed by atoms with van der Waals surface area (Å²) >= 11 is 0. The topological polar surface area (TPSA) is 55.4 Å². The lowest BCUT2D eigenvalue weighted by molar-refractivity contribution is -0.138.